The summed E-state index contributed by atoms with van der Waals surface area (Å²) in [4.78, 5) is 11.6. The predicted molar refractivity (Wildman–Crippen MR) is 78.3 cm³/mol. The van der Waals surface area contributed by atoms with E-state index in [-0.39, 0.29) is 0 Å². The lowest BCUT2D eigenvalue weighted by atomic mass is 10.1. The Morgan fingerprint density at radius 1 is 1.21 bits per heavy atom. The molecule has 0 aliphatic rings. The Morgan fingerprint density at radius 3 is 2.37 bits per heavy atom. The number of nitrogens with one attached hydrogen (secondary N) is 1. The first-order valence-corrected chi connectivity index (χ1v) is 6.70. The SMILES string of the molecule is CC(C)(C)OC(=O)Nc1ccc(CCCCN)cc1. The van der Waals surface area contributed by atoms with Crippen molar-refractivity contribution in [1.82, 2.24) is 0 Å². The number of aryl methyl sites for hydroxylation is 1. The molecule has 0 bridgehead atoms. The maximum Gasteiger partial charge on any atom is 0.412 e. The van der Waals surface area contributed by atoms with Crippen molar-refractivity contribution in [3.63, 3.8) is 0 Å². The van der Waals surface area contributed by atoms with Gasteiger partial charge in [-0.3, -0.25) is 5.32 Å². The summed E-state index contributed by atoms with van der Waals surface area (Å²) in [5, 5.41) is 2.71. The second kappa shape index (κ2) is 7.14. The van der Waals surface area contributed by atoms with Crippen molar-refractivity contribution in [3.8, 4) is 0 Å². The van der Waals surface area contributed by atoms with E-state index in [2.05, 4.69) is 5.32 Å². The molecule has 0 fully saturated rings. The number of carbonyl (C=O) groups is 1. The number of nitrogens with two attached hydrogens (primary N) is 1. The lowest BCUT2D eigenvalue weighted by molar-refractivity contribution is 0.0636. The Balaban J connectivity index is 2.45. The van der Waals surface area contributed by atoms with E-state index in [4.69, 9.17) is 10.5 Å². The van der Waals surface area contributed by atoms with Crippen LogP contribution in [0.5, 0.6) is 0 Å². The van der Waals surface area contributed by atoms with Crippen molar-refractivity contribution in [3.05, 3.63) is 29.8 Å². The highest BCUT2D eigenvalue weighted by Gasteiger charge is 2.15. The second-order valence-electron chi connectivity index (χ2n) is 5.57. The number of rotatable bonds is 5. The number of ether oxygens (including phenoxy) is 1. The highest BCUT2D eigenvalue weighted by atomic mass is 16.6. The van der Waals surface area contributed by atoms with Crippen LogP contribution in [0.3, 0.4) is 0 Å². The molecule has 106 valence electrons. The normalized spacial score (nSPS) is 11.2. The summed E-state index contributed by atoms with van der Waals surface area (Å²) in [6, 6.07) is 7.82. The lowest BCUT2D eigenvalue weighted by Crippen LogP contribution is -2.27. The number of anilines is 1. The molecule has 4 heteroatoms. The molecule has 4 nitrogen and oxygen atoms in total. The van der Waals surface area contributed by atoms with Crippen molar-refractivity contribution >= 4 is 11.8 Å². The molecule has 0 saturated carbocycles. The third-order valence-electron chi connectivity index (χ3n) is 2.52. The summed E-state index contributed by atoms with van der Waals surface area (Å²) in [6.07, 6.45) is 2.72. The molecule has 3 N–H and O–H groups in total. The molecule has 1 amide bonds. The van der Waals surface area contributed by atoms with Gasteiger partial charge in [-0.25, -0.2) is 4.79 Å². The molecule has 1 aromatic rings. The summed E-state index contributed by atoms with van der Waals surface area (Å²) in [5.41, 5.74) is 6.98. The Bertz CT molecular complexity index is 394. The van der Waals surface area contributed by atoms with Crippen LogP contribution in [0.1, 0.15) is 39.2 Å². The van der Waals surface area contributed by atoms with Gasteiger partial charge in [0.2, 0.25) is 0 Å². The fourth-order valence-corrected chi connectivity index (χ4v) is 1.65. The molecule has 0 unspecified atom stereocenters. The van der Waals surface area contributed by atoms with Gasteiger partial charge in [-0.05, 0) is 64.3 Å². The average molecular weight is 264 g/mol. The number of hydrogen-bond donors (Lipinski definition) is 2. The van der Waals surface area contributed by atoms with Gasteiger partial charge in [0.25, 0.3) is 0 Å². The van der Waals surface area contributed by atoms with E-state index in [1.54, 1.807) is 0 Å². The minimum atomic E-state index is -0.480. The standard InChI is InChI=1S/C15H24N2O2/c1-15(2,3)19-14(18)17-13-9-7-12(8-10-13)6-4-5-11-16/h7-10H,4-6,11,16H2,1-3H3,(H,17,18). The molecular weight excluding hydrogens is 240 g/mol. The molecule has 1 aromatic carbocycles. The highest BCUT2D eigenvalue weighted by Crippen LogP contribution is 2.14. The molecule has 0 heterocycles. The van der Waals surface area contributed by atoms with Gasteiger partial charge in [-0.2, -0.15) is 0 Å². The van der Waals surface area contributed by atoms with E-state index in [0.29, 0.717) is 0 Å². The molecule has 0 spiro atoms. The third-order valence-corrected chi connectivity index (χ3v) is 2.52. The monoisotopic (exact) mass is 264 g/mol. The number of amides is 1. The second-order valence-corrected chi connectivity index (χ2v) is 5.57. The highest BCUT2D eigenvalue weighted by molar-refractivity contribution is 5.84. The van der Waals surface area contributed by atoms with E-state index in [1.165, 1.54) is 5.56 Å². The molecule has 0 aliphatic carbocycles. The van der Waals surface area contributed by atoms with Crippen LogP contribution in [0.2, 0.25) is 0 Å². The molecule has 0 atom stereocenters. The van der Waals surface area contributed by atoms with Crippen LogP contribution in [0.25, 0.3) is 0 Å². The smallest absolute Gasteiger partial charge is 0.412 e. The van der Waals surface area contributed by atoms with Gasteiger partial charge in [-0.15, -0.1) is 0 Å². The molecule has 19 heavy (non-hydrogen) atoms. The summed E-state index contributed by atoms with van der Waals surface area (Å²) >= 11 is 0. The van der Waals surface area contributed by atoms with E-state index in [1.807, 2.05) is 45.0 Å². The average Bonchev–Trinajstić information content (AvgIpc) is 2.29. The van der Waals surface area contributed by atoms with Crippen LogP contribution in [0.4, 0.5) is 10.5 Å². The Labute approximate surface area is 115 Å². The number of unbranched alkanes of at least 4 members (excludes halogenated alkanes) is 1. The zero-order chi connectivity index (χ0) is 14.3. The van der Waals surface area contributed by atoms with Crippen LogP contribution in [0.15, 0.2) is 24.3 Å². The first kappa shape index (κ1) is 15.5. The van der Waals surface area contributed by atoms with Crippen molar-refractivity contribution in [2.75, 3.05) is 11.9 Å². The number of benzene rings is 1. The van der Waals surface area contributed by atoms with E-state index < -0.39 is 11.7 Å². The van der Waals surface area contributed by atoms with Gasteiger partial charge in [-0.1, -0.05) is 12.1 Å². The largest absolute Gasteiger partial charge is 0.444 e. The predicted octanol–water partition coefficient (Wildman–Crippen LogP) is 3.32. The Kier molecular flexibility index (Phi) is 5.83. The first-order chi connectivity index (χ1) is 8.90. The summed E-state index contributed by atoms with van der Waals surface area (Å²) in [6.45, 7) is 6.26. The van der Waals surface area contributed by atoms with Gasteiger partial charge in [0.1, 0.15) is 5.60 Å². The van der Waals surface area contributed by atoms with Gasteiger partial charge in [0.05, 0.1) is 0 Å². The summed E-state index contributed by atoms with van der Waals surface area (Å²) < 4.78 is 5.19. The summed E-state index contributed by atoms with van der Waals surface area (Å²) in [7, 11) is 0. The van der Waals surface area contributed by atoms with Crippen molar-refractivity contribution < 1.29 is 9.53 Å². The van der Waals surface area contributed by atoms with Gasteiger partial charge in [0.15, 0.2) is 0 Å². The minimum absolute atomic E-state index is 0.427. The van der Waals surface area contributed by atoms with E-state index in [9.17, 15) is 4.79 Å². The lowest BCUT2D eigenvalue weighted by Gasteiger charge is -2.19. The van der Waals surface area contributed by atoms with Crippen LogP contribution >= 0.6 is 0 Å². The zero-order valence-corrected chi connectivity index (χ0v) is 12.0. The molecule has 0 aliphatic heterocycles. The van der Waals surface area contributed by atoms with Crippen molar-refractivity contribution in [1.29, 1.82) is 0 Å². The maximum absolute atomic E-state index is 11.6. The van der Waals surface area contributed by atoms with Gasteiger partial charge in [0, 0.05) is 5.69 Å². The number of hydrogen-bond acceptors (Lipinski definition) is 3. The fraction of sp³-hybridized carbons (Fsp3) is 0.533. The van der Waals surface area contributed by atoms with Crippen molar-refractivity contribution in [2.24, 2.45) is 5.73 Å². The molecular formula is C15H24N2O2. The summed E-state index contributed by atoms with van der Waals surface area (Å²) in [5.74, 6) is 0. The third kappa shape index (κ3) is 6.82. The van der Waals surface area contributed by atoms with E-state index >= 15 is 0 Å². The molecule has 0 saturated heterocycles. The van der Waals surface area contributed by atoms with Crippen molar-refractivity contribution in [2.45, 2.75) is 45.6 Å². The number of carbonyl (C=O) groups excluding carboxylic acids is 1. The molecule has 0 radical (unpaired) electrons. The van der Waals surface area contributed by atoms with Crippen LogP contribution in [-0.4, -0.2) is 18.2 Å². The topological polar surface area (TPSA) is 64.3 Å². The van der Waals surface area contributed by atoms with Gasteiger partial charge < -0.3 is 10.5 Å². The maximum atomic E-state index is 11.6. The quantitative estimate of drug-likeness (QED) is 0.802. The van der Waals surface area contributed by atoms with Gasteiger partial charge >= 0.3 is 6.09 Å². The Hall–Kier alpha value is -1.55. The zero-order valence-electron chi connectivity index (χ0n) is 12.0. The Morgan fingerprint density at radius 2 is 1.84 bits per heavy atom. The minimum Gasteiger partial charge on any atom is -0.444 e. The van der Waals surface area contributed by atoms with Crippen LogP contribution in [-0.2, 0) is 11.2 Å². The fourth-order valence-electron chi connectivity index (χ4n) is 1.65. The van der Waals surface area contributed by atoms with Crippen LogP contribution in [0, 0.1) is 0 Å². The molecule has 1 rings (SSSR count). The van der Waals surface area contributed by atoms with E-state index in [0.717, 1.165) is 31.5 Å². The molecule has 0 aromatic heterocycles. The first-order valence-electron chi connectivity index (χ1n) is 6.70. The van der Waals surface area contributed by atoms with Crippen LogP contribution < -0.4 is 11.1 Å².